The first-order valence-electron chi connectivity index (χ1n) is 8.12. The van der Waals surface area contributed by atoms with E-state index in [2.05, 4.69) is 17.1 Å². The lowest BCUT2D eigenvalue weighted by atomic mass is 9.66. The number of H-pyrrole nitrogens is 1. The van der Waals surface area contributed by atoms with E-state index in [1.807, 2.05) is 0 Å². The molecule has 3 atom stereocenters. The smallest absolute Gasteiger partial charge is 0.148 e. The number of hydrogen-bond acceptors (Lipinski definition) is 2. The van der Waals surface area contributed by atoms with Crippen LogP contribution in [0.4, 0.5) is 5.82 Å². The van der Waals surface area contributed by atoms with Crippen LogP contribution in [-0.4, -0.2) is 10.2 Å². The fraction of sp³-hybridized carbons (Fsp3) is 0.812. The first-order valence-corrected chi connectivity index (χ1v) is 8.12. The Labute approximate surface area is 116 Å². The average molecular weight is 261 g/mol. The van der Waals surface area contributed by atoms with Crippen LogP contribution in [0.15, 0.2) is 0 Å². The third kappa shape index (κ3) is 2.52. The van der Waals surface area contributed by atoms with Crippen LogP contribution in [0.2, 0.25) is 0 Å². The van der Waals surface area contributed by atoms with Crippen LogP contribution in [0.25, 0.3) is 0 Å². The molecule has 19 heavy (non-hydrogen) atoms. The fourth-order valence-corrected chi connectivity index (χ4v) is 4.38. The van der Waals surface area contributed by atoms with Gasteiger partial charge in [0.2, 0.25) is 0 Å². The number of nitrogens with zero attached hydrogens (tertiary/aromatic N) is 1. The minimum absolute atomic E-state index is 0.686. The molecular formula is C16H27N3. The van der Waals surface area contributed by atoms with Gasteiger partial charge in [0, 0.05) is 17.2 Å². The minimum Gasteiger partial charge on any atom is -0.382 e. The maximum absolute atomic E-state index is 6.02. The number of nitrogens with one attached hydrogen (secondary N) is 1. The number of fused-ring (bicyclic) bond motifs is 1. The minimum atomic E-state index is 0.686. The lowest BCUT2D eigenvalue weighted by Gasteiger charge is -2.39. The molecule has 2 fully saturated rings. The summed E-state index contributed by atoms with van der Waals surface area (Å²) in [7, 11) is 0. The molecule has 2 aliphatic carbocycles. The van der Waals surface area contributed by atoms with Crippen molar-refractivity contribution in [2.24, 2.45) is 11.8 Å². The zero-order valence-electron chi connectivity index (χ0n) is 12.1. The second kappa shape index (κ2) is 5.56. The second-order valence-corrected chi connectivity index (χ2v) is 6.57. The Balaban J connectivity index is 1.75. The summed E-state index contributed by atoms with van der Waals surface area (Å²) in [6.07, 6.45) is 12.2. The molecule has 1 aromatic heterocycles. The number of hydrogen-bond donors (Lipinski definition) is 2. The molecule has 3 rings (SSSR count). The molecule has 0 bridgehead atoms. The van der Waals surface area contributed by atoms with Gasteiger partial charge in [-0.1, -0.05) is 39.0 Å². The number of aromatic amines is 1. The van der Waals surface area contributed by atoms with Gasteiger partial charge in [-0.2, -0.15) is 5.10 Å². The molecule has 3 unspecified atom stereocenters. The number of nitrogens with two attached hydrogens (primary N) is 1. The predicted molar refractivity (Wildman–Crippen MR) is 79.0 cm³/mol. The maximum Gasteiger partial charge on any atom is 0.148 e. The SMILES string of the molecule is CCCc1c(N)n[nH]c1C1CCC2CCCCC2C1. The quantitative estimate of drug-likeness (QED) is 0.863. The summed E-state index contributed by atoms with van der Waals surface area (Å²) in [4.78, 5) is 0. The maximum atomic E-state index is 6.02. The summed E-state index contributed by atoms with van der Waals surface area (Å²) in [5.41, 5.74) is 8.69. The summed E-state index contributed by atoms with van der Waals surface area (Å²) in [6.45, 7) is 2.22. The van der Waals surface area contributed by atoms with Crippen LogP contribution in [0, 0.1) is 11.8 Å². The van der Waals surface area contributed by atoms with Gasteiger partial charge in [-0.3, -0.25) is 5.10 Å². The average Bonchev–Trinajstić information content (AvgIpc) is 2.80. The lowest BCUT2D eigenvalue weighted by molar-refractivity contribution is 0.154. The van der Waals surface area contributed by atoms with Crippen LogP contribution in [0.5, 0.6) is 0 Å². The highest BCUT2D eigenvalue weighted by Crippen LogP contribution is 2.46. The second-order valence-electron chi connectivity index (χ2n) is 6.57. The number of nitrogen functional groups attached to an aromatic ring is 1. The Hall–Kier alpha value is -0.990. The van der Waals surface area contributed by atoms with Crippen LogP contribution in [-0.2, 0) is 6.42 Å². The van der Waals surface area contributed by atoms with Gasteiger partial charge in [0.15, 0.2) is 0 Å². The van der Waals surface area contributed by atoms with Gasteiger partial charge in [0.05, 0.1) is 0 Å². The molecule has 0 saturated heterocycles. The normalized spacial score (nSPS) is 31.1. The molecule has 1 heterocycles. The Morgan fingerprint density at radius 1 is 1.16 bits per heavy atom. The van der Waals surface area contributed by atoms with E-state index in [0.717, 1.165) is 30.5 Å². The van der Waals surface area contributed by atoms with Gasteiger partial charge in [-0.15, -0.1) is 0 Å². The van der Waals surface area contributed by atoms with Crippen molar-refractivity contribution in [2.45, 2.75) is 70.6 Å². The molecule has 2 aliphatic rings. The molecule has 0 amide bonds. The van der Waals surface area contributed by atoms with Crippen LogP contribution >= 0.6 is 0 Å². The molecule has 0 radical (unpaired) electrons. The van der Waals surface area contributed by atoms with Crippen molar-refractivity contribution < 1.29 is 0 Å². The molecule has 0 aromatic carbocycles. The van der Waals surface area contributed by atoms with Gasteiger partial charge >= 0.3 is 0 Å². The summed E-state index contributed by atoms with van der Waals surface area (Å²) in [6, 6.07) is 0. The Morgan fingerprint density at radius 2 is 1.95 bits per heavy atom. The van der Waals surface area contributed by atoms with E-state index in [-0.39, 0.29) is 0 Å². The van der Waals surface area contributed by atoms with Crippen molar-refractivity contribution in [2.75, 3.05) is 5.73 Å². The Kier molecular flexibility index (Phi) is 3.81. The van der Waals surface area contributed by atoms with Gasteiger partial charge in [-0.25, -0.2) is 0 Å². The Morgan fingerprint density at radius 3 is 2.74 bits per heavy atom. The molecule has 3 heteroatoms. The molecule has 0 spiro atoms. The highest BCUT2D eigenvalue weighted by atomic mass is 15.2. The molecular weight excluding hydrogens is 234 g/mol. The van der Waals surface area contributed by atoms with Gasteiger partial charge in [-0.05, 0) is 37.5 Å². The van der Waals surface area contributed by atoms with Crippen molar-refractivity contribution >= 4 is 5.82 Å². The lowest BCUT2D eigenvalue weighted by Crippen LogP contribution is -2.27. The van der Waals surface area contributed by atoms with Crippen molar-refractivity contribution in [3.05, 3.63) is 11.3 Å². The van der Waals surface area contributed by atoms with Crippen LogP contribution < -0.4 is 5.73 Å². The predicted octanol–water partition coefficient (Wildman–Crippen LogP) is 4.02. The summed E-state index contributed by atoms with van der Waals surface area (Å²) in [5, 5.41) is 7.52. The number of anilines is 1. The van der Waals surface area contributed by atoms with Crippen LogP contribution in [0.3, 0.4) is 0 Å². The van der Waals surface area contributed by atoms with Gasteiger partial charge in [0.25, 0.3) is 0 Å². The van der Waals surface area contributed by atoms with Crippen LogP contribution in [0.1, 0.15) is 75.5 Å². The van der Waals surface area contributed by atoms with Crippen molar-refractivity contribution in [3.8, 4) is 0 Å². The highest BCUT2D eigenvalue weighted by Gasteiger charge is 2.34. The van der Waals surface area contributed by atoms with Gasteiger partial charge < -0.3 is 5.73 Å². The summed E-state index contributed by atoms with van der Waals surface area (Å²) in [5.74, 6) is 3.40. The Bertz CT molecular complexity index is 424. The topological polar surface area (TPSA) is 54.7 Å². The zero-order valence-corrected chi connectivity index (χ0v) is 12.1. The summed E-state index contributed by atoms with van der Waals surface area (Å²) >= 11 is 0. The van der Waals surface area contributed by atoms with E-state index >= 15 is 0 Å². The number of rotatable bonds is 3. The van der Waals surface area contributed by atoms with E-state index in [1.165, 1.54) is 56.2 Å². The molecule has 2 saturated carbocycles. The van der Waals surface area contributed by atoms with E-state index in [4.69, 9.17) is 5.73 Å². The largest absolute Gasteiger partial charge is 0.382 e. The first kappa shape index (κ1) is 13.0. The molecule has 0 aliphatic heterocycles. The third-order valence-corrected chi connectivity index (χ3v) is 5.38. The molecule has 3 N–H and O–H groups in total. The molecule has 106 valence electrons. The summed E-state index contributed by atoms with van der Waals surface area (Å²) < 4.78 is 0. The monoisotopic (exact) mass is 261 g/mol. The van der Waals surface area contributed by atoms with Crippen molar-refractivity contribution in [1.29, 1.82) is 0 Å². The van der Waals surface area contributed by atoms with Crippen molar-refractivity contribution in [3.63, 3.8) is 0 Å². The van der Waals surface area contributed by atoms with E-state index < -0.39 is 0 Å². The highest BCUT2D eigenvalue weighted by molar-refractivity contribution is 5.43. The van der Waals surface area contributed by atoms with E-state index in [0.29, 0.717) is 5.92 Å². The molecule has 1 aromatic rings. The fourth-order valence-electron chi connectivity index (χ4n) is 4.38. The van der Waals surface area contributed by atoms with Gasteiger partial charge in [0.1, 0.15) is 5.82 Å². The third-order valence-electron chi connectivity index (χ3n) is 5.38. The van der Waals surface area contributed by atoms with E-state index in [9.17, 15) is 0 Å². The molecule has 3 nitrogen and oxygen atoms in total. The van der Waals surface area contributed by atoms with Crippen molar-refractivity contribution in [1.82, 2.24) is 10.2 Å². The standard InChI is InChI=1S/C16H27N3/c1-2-5-14-15(18-19-16(14)17)13-9-8-11-6-3-4-7-12(11)10-13/h11-13H,2-10H2,1H3,(H3,17,18,19). The first-order chi connectivity index (χ1) is 9.29. The van der Waals surface area contributed by atoms with E-state index in [1.54, 1.807) is 0 Å². The zero-order chi connectivity index (χ0) is 13.2. The number of aromatic nitrogens is 2.